The first-order chi connectivity index (χ1) is 15.2. The number of nitrogens with zero attached hydrogens (tertiary/aromatic N) is 2. The summed E-state index contributed by atoms with van der Waals surface area (Å²) < 4.78 is 33.1. The van der Waals surface area contributed by atoms with Crippen molar-refractivity contribution in [1.82, 2.24) is 9.78 Å². The predicted octanol–water partition coefficient (Wildman–Crippen LogP) is 4.67. The highest BCUT2D eigenvalue weighted by Gasteiger charge is 2.13. The van der Waals surface area contributed by atoms with Crippen LogP contribution < -0.4 is 5.32 Å². The van der Waals surface area contributed by atoms with Crippen molar-refractivity contribution < 1.29 is 23.1 Å². The van der Waals surface area contributed by atoms with Crippen molar-refractivity contribution in [3.05, 3.63) is 87.7 Å². The maximum Gasteiger partial charge on any atom is 0.331 e. The molecule has 166 valence electrons. The van der Waals surface area contributed by atoms with Gasteiger partial charge in [-0.1, -0.05) is 29.8 Å². The van der Waals surface area contributed by atoms with Crippen LogP contribution >= 0.6 is 11.6 Å². The highest BCUT2D eigenvalue weighted by atomic mass is 35.5. The van der Waals surface area contributed by atoms with Crippen LogP contribution in [0.15, 0.2) is 48.5 Å². The van der Waals surface area contributed by atoms with Gasteiger partial charge >= 0.3 is 5.97 Å². The van der Waals surface area contributed by atoms with E-state index in [-0.39, 0.29) is 5.69 Å². The Hall–Kier alpha value is -3.52. The Morgan fingerprint density at radius 1 is 1.19 bits per heavy atom. The fraction of sp³-hybridized carbons (Fsp3) is 0.174. The molecular formula is C23H20ClF2N3O3. The number of hydrogen-bond donors (Lipinski definition) is 1. The van der Waals surface area contributed by atoms with E-state index in [4.69, 9.17) is 16.3 Å². The number of aryl methyl sites for hydroxylation is 1. The van der Waals surface area contributed by atoms with Gasteiger partial charge in [-0.3, -0.25) is 9.48 Å². The monoisotopic (exact) mass is 459 g/mol. The van der Waals surface area contributed by atoms with E-state index < -0.39 is 30.1 Å². The highest BCUT2D eigenvalue weighted by molar-refractivity contribution is 6.31. The van der Waals surface area contributed by atoms with Crippen LogP contribution in [0, 0.1) is 25.5 Å². The number of halogens is 3. The molecule has 1 aromatic heterocycles. The van der Waals surface area contributed by atoms with Crippen molar-refractivity contribution in [3.8, 4) is 0 Å². The summed E-state index contributed by atoms with van der Waals surface area (Å²) in [6, 6.07) is 10.2. The number of aromatic nitrogens is 2. The molecule has 0 fully saturated rings. The van der Waals surface area contributed by atoms with E-state index in [1.165, 1.54) is 6.08 Å². The summed E-state index contributed by atoms with van der Waals surface area (Å²) in [4.78, 5) is 23.8. The van der Waals surface area contributed by atoms with Gasteiger partial charge in [-0.05, 0) is 43.7 Å². The quantitative estimate of drug-likeness (QED) is 0.411. The molecule has 1 amide bonds. The second kappa shape index (κ2) is 10.2. The number of nitrogens with one attached hydrogen (secondary N) is 1. The third-order valence-corrected chi connectivity index (χ3v) is 5.02. The molecule has 3 aromatic rings. The summed E-state index contributed by atoms with van der Waals surface area (Å²) in [7, 11) is 0. The second-order valence-corrected chi connectivity index (χ2v) is 7.35. The zero-order valence-corrected chi connectivity index (χ0v) is 18.1. The average molecular weight is 460 g/mol. The van der Waals surface area contributed by atoms with Crippen LogP contribution in [-0.4, -0.2) is 28.3 Å². The summed E-state index contributed by atoms with van der Waals surface area (Å²) >= 11 is 6.22. The fourth-order valence-corrected chi connectivity index (χ4v) is 3.20. The van der Waals surface area contributed by atoms with E-state index in [9.17, 15) is 18.4 Å². The first-order valence-electron chi connectivity index (χ1n) is 9.61. The van der Waals surface area contributed by atoms with E-state index in [1.54, 1.807) is 16.8 Å². The van der Waals surface area contributed by atoms with Crippen molar-refractivity contribution in [1.29, 1.82) is 0 Å². The number of benzene rings is 2. The summed E-state index contributed by atoms with van der Waals surface area (Å²) in [5.74, 6) is -3.20. The molecule has 0 saturated heterocycles. The predicted molar refractivity (Wildman–Crippen MR) is 117 cm³/mol. The molecule has 0 radical (unpaired) electrons. The van der Waals surface area contributed by atoms with Gasteiger partial charge in [0.2, 0.25) is 0 Å². The molecule has 0 saturated carbocycles. The van der Waals surface area contributed by atoms with E-state index in [1.807, 2.05) is 32.0 Å². The molecule has 0 aliphatic carbocycles. The number of hydrogen-bond acceptors (Lipinski definition) is 4. The van der Waals surface area contributed by atoms with Gasteiger partial charge in [0, 0.05) is 28.4 Å². The van der Waals surface area contributed by atoms with Crippen molar-refractivity contribution in [2.45, 2.75) is 20.4 Å². The molecule has 6 nitrogen and oxygen atoms in total. The average Bonchev–Trinajstić information content (AvgIpc) is 3.01. The van der Waals surface area contributed by atoms with E-state index in [0.29, 0.717) is 23.3 Å². The Morgan fingerprint density at radius 2 is 1.94 bits per heavy atom. The molecule has 0 unspecified atom stereocenters. The van der Waals surface area contributed by atoms with Crippen LogP contribution in [0.1, 0.15) is 22.5 Å². The number of esters is 1. The van der Waals surface area contributed by atoms with Gasteiger partial charge in [-0.2, -0.15) is 5.10 Å². The molecule has 0 aliphatic heterocycles. The summed E-state index contributed by atoms with van der Waals surface area (Å²) in [6.07, 6.45) is 2.74. The summed E-state index contributed by atoms with van der Waals surface area (Å²) in [6.45, 7) is 3.53. The van der Waals surface area contributed by atoms with Gasteiger partial charge in [0.15, 0.2) is 6.61 Å². The lowest BCUT2D eigenvalue weighted by atomic mass is 10.1. The molecule has 9 heteroatoms. The number of rotatable bonds is 7. The van der Waals surface area contributed by atoms with Crippen LogP contribution in [0.3, 0.4) is 0 Å². The molecule has 0 bridgehead atoms. The van der Waals surface area contributed by atoms with Gasteiger partial charge in [0.05, 0.1) is 17.9 Å². The molecule has 2 aromatic carbocycles. The molecule has 3 rings (SSSR count). The Bertz CT molecular complexity index is 1190. The Balaban J connectivity index is 1.58. The molecule has 32 heavy (non-hydrogen) atoms. The lowest BCUT2D eigenvalue weighted by molar-refractivity contribution is -0.142. The van der Waals surface area contributed by atoms with Crippen molar-refractivity contribution >= 4 is 35.2 Å². The Morgan fingerprint density at radius 3 is 2.66 bits per heavy atom. The Kier molecular flexibility index (Phi) is 7.37. The minimum absolute atomic E-state index is 0.208. The first-order valence-corrected chi connectivity index (χ1v) is 9.99. The van der Waals surface area contributed by atoms with Crippen LogP contribution in [0.4, 0.5) is 14.5 Å². The summed E-state index contributed by atoms with van der Waals surface area (Å²) in [5.41, 5.74) is 2.99. The minimum atomic E-state index is -0.927. The Labute approximate surface area is 188 Å². The fourth-order valence-electron chi connectivity index (χ4n) is 3.01. The largest absolute Gasteiger partial charge is 0.452 e. The van der Waals surface area contributed by atoms with E-state index >= 15 is 0 Å². The van der Waals surface area contributed by atoms with Crippen LogP contribution in [0.5, 0.6) is 0 Å². The van der Waals surface area contributed by atoms with E-state index in [0.717, 1.165) is 29.0 Å². The standard InChI is InChI=1S/C23H20ClF2N3O3/c1-14-18(15(2)29(28-14)12-16-5-3-4-6-19(16)24)8-10-23(31)32-13-22(30)27-21-9-7-17(25)11-20(21)26/h3-11H,12-13H2,1-2H3,(H,27,30)/b10-8+. The molecule has 0 atom stereocenters. The van der Waals surface area contributed by atoms with Crippen molar-refractivity contribution in [2.75, 3.05) is 11.9 Å². The third-order valence-electron chi connectivity index (χ3n) is 4.65. The van der Waals surface area contributed by atoms with Gasteiger partial charge in [-0.15, -0.1) is 0 Å². The normalized spacial score (nSPS) is 11.0. The maximum atomic E-state index is 13.6. The molecule has 0 spiro atoms. The number of ether oxygens (including phenoxy) is 1. The van der Waals surface area contributed by atoms with Gasteiger partial charge in [0.1, 0.15) is 11.6 Å². The van der Waals surface area contributed by atoms with Crippen molar-refractivity contribution in [3.63, 3.8) is 0 Å². The number of carbonyl (C=O) groups is 2. The van der Waals surface area contributed by atoms with Crippen LogP contribution in [0.2, 0.25) is 5.02 Å². The molecule has 1 heterocycles. The number of amides is 1. The summed E-state index contributed by atoms with van der Waals surface area (Å²) in [5, 5.41) is 7.34. The van der Waals surface area contributed by atoms with Crippen molar-refractivity contribution in [2.24, 2.45) is 0 Å². The van der Waals surface area contributed by atoms with Gasteiger partial charge < -0.3 is 10.1 Å². The third kappa shape index (κ3) is 5.79. The highest BCUT2D eigenvalue weighted by Crippen LogP contribution is 2.20. The molecule has 1 N–H and O–H groups in total. The first kappa shape index (κ1) is 23.1. The van der Waals surface area contributed by atoms with Crippen LogP contribution in [-0.2, 0) is 20.9 Å². The maximum absolute atomic E-state index is 13.6. The lowest BCUT2D eigenvalue weighted by Crippen LogP contribution is -2.20. The van der Waals surface area contributed by atoms with E-state index in [2.05, 4.69) is 10.4 Å². The number of carbonyl (C=O) groups excluding carboxylic acids is 2. The minimum Gasteiger partial charge on any atom is -0.452 e. The topological polar surface area (TPSA) is 73.2 Å². The zero-order valence-electron chi connectivity index (χ0n) is 17.4. The zero-order chi connectivity index (χ0) is 23.3. The number of anilines is 1. The van der Waals surface area contributed by atoms with Crippen LogP contribution in [0.25, 0.3) is 6.08 Å². The second-order valence-electron chi connectivity index (χ2n) is 6.95. The smallest absolute Gasteiger partial charge is 0.331 e. The lowest BCUT2D eigenvalue weighted by Gasteiger charge is -2.07. The van der Waals surface area contributed by atoms with Gasteiger partial charge in [0.25, 0.3) is 5.91 Å². The molecule has 0 aliphatic rings. The SMILES string of the molecule is Cc1nn(Cc2ccccc2Cl)c(C)c1/C=C/C(=O)OCC(=O)Nc1ccc(F)cc1F. The van der Waals surface area contributed by atoms with Gasteiger partial charge in [-0.25, -0.2) is 13.6 Å². The molecular weight excluding hydrogens is 440 g/mol.